The highest BCUT2D eigenvalue weighted by atomic mass is 16.2. The molecule has 104 valence electrons. The van der Waals surface area contributed by atoms with E-state index in [1.165, 1.54) is 5.69 Å². The predicted octanol–water partition coefficient (Wildman–Crippen LogP) is 2.32. The molecule has 0 saturated carbocycles. The summed E-state index contributed by atoms with van der Waals surface area (Å²) < 4.78 is 0. The maximum Gasteiger partial charge on any atom is 0.317 e. The van der Waals surface area contributed by atoms with Crippen LogP contribution in [0.4, 0.5) is 10.5 Å². The number of para-hydroxylation sites is 1. The Labute approximate surface area is 115 Å². The molecule has 1 fully saturated rings. The molecule has 0 radical (unpaired) electrons. The van der Waals surface area contributed by atoms with Gasteiger partial charge in [0.25, 0.3) is 0 Å². The van der Waals surface area contributed by atoms with E-state index in [0.717, 1.165) is 45.6 Å². The fourth-order valence-corrected chi connectivity index (χ4v) is 2.36. The molecule has 1 aromatic carbocycles. The van der Waals surface area contributed by atoms with Crippen LogP contribution in [0, 0.1) is 0 Å². The van der Waals surface area contributed by atoms with Crippen LogP contribution < -0.4 is 10.2 Å². The van der Waals surface area contributed by atoms with Gasteiger partial charge in [0.1, 0.15) is 0 Å². The standard InChI is InChI=1S/C15H23N3O/c1-2-9-16-15(19)18-11-6-10-17(12-13-18)14-7-4-3-5-8-14/h3-5,7-8H,2,6,9-13H2,1H3,(H,16,19). The highest BCUT2D eigenvalue weighted by Crippen LogP contribution is 2.15. The van der Waals surface area contributed by atoms with Gasteiger partial charge in [-0.2, -0.15) is 0 Å². The van der Waals surface area contributed by atoms with Crippen molar-refractivity contribution in [3.8, 4) is 0 Å². The number of rotatable bonds is 3. The summed E-state index contributed by atoms with van der Waals surface area (Å²) in [5.41, 5.74) is 1.25. The smallest absolute Gasteiger partial charge is 0.317 e. The highest BCUT2D eigenvalue weighted by molar-refractivity contribution is 5.74. The topological polar surface area (TPSA) is 35.6 Å². The van der Waals surface area contributed by atoms with E-state index in [4.69, 9.17) is 0 Å². The first-order chi connectivity index (χ1) is 9.31. The lowest BCUT2D eigenvalue weighted by Gasteiger charge is -2.23. The van der Waals surface area contributed by atoms with E-state index in [-0.39, 0.29) is 6.03 Å². The Morgan fingerprint density at radius 1 is 1.16 bits per heavy atom. The lowest BCUT2D eigenvalue weighted by atomic mass is 10.3. The average Bonchev–Trinajstić information content (AvgIpc) is 2.71. The summed E-state index contributed by atoms with van der Waals surface area (Å²) in [6.07, 6.45) is 2.00. The highest BCUT2D eigenvalue weighted by Gasteiger charge is 2.18. The summed E-state index contributed by atoms with van der Waals surface area (Å²) in [4.78, 5) is 16.2. The Hall–Kier alpha value is -1.71. The monoisotopic (exact) mass is 261 g/mol. The van der Waals surface area contributed by atoms with Crippen molar-refractivity contribution in [3.63, 3.8) is 0 Å². The third-order valence-electron chi connectivity index (χ3n) is 3.43. The zero-order valence-electron chi connectivity index (χ0n) is 11.6. The minimum absolute atomic E-state index is 0.0803. The Bertz CT molecular complexity index is 394. The number of nitrogens with zero attached hydrogens (tertiary/aromatic N) is 2. The van der Waals surface area contributed by atoms with Gasteiger partial charge in [-0.3, -0.25) is 0 Å². The van der Waals surface area contributed by atoms with Gasteiger partial charge in [0, 0.05) is 38.4 Å². The summed E-state index contributed by atoms with van der Waals surface area (Å²) in [6.45, 7) is 6.39. The van der Waals surface area contributed by atoms with Gasteiger partial charge in [0.15, 0.2) is 0 Å². The van der Waals surface area contributed by atoms with Crippen molar-refractivity contribution >= 4 is 11.7 Å². The molecule has 0 unspecified atom stereocenters. The van der Waals surface area contributed by atoms with Crippen LogP contribution in [0.1, 0.15) is 19.8 Å². The van der Waals surface area contributed by atoms with Crippen molar-refractivity contribution in [3.05, 3.63) is 30.3 Å². The molecular weight excluding hydrogens is 238 g/mol. The SMILES string of the molecule is CCCNC(=O)N1CCCN(c2ccccc2)CC1. The fourth-order valence-electron chi connectivity index (χ4n) is 2.36. The zero-order valence-corrected chi connectivity index (χ0v) is 11.6. The van der Waals surface area contributed by atoms with Gasteiger partial charge < -0.3 is 15.1 Å². The summed E-state index contributed by atoms with van der Waals surface area (Å²) in [6, 6.07) is 10.5. The van der Waals surface area contributed by atoms with Gasteiger partial charge in [-0.05, 0) is 25.0 Å². The van der Waals surface area contributed by atoms with Crippen molar-refractivity contribution in [2.24, 2.45) is 0 Å². The van der Waals surface area contributed by atoms with Crippen molar-refractivity contribution in [2.75, 3.05) is 37.6 Å². The molecule has 4 heteroatoms. The fraction of sp³-hybridized carbons (Fsp3) is 0.533. The van der Waals surface area contributed by atoms with Crippen LogP contribution in [0.25, 0.3) is 0 Å². The number of urea groups is 1. The van der Waals surface area contributed by atoms with Crippen LogP contribution in [0.5, 0.6) is 0 Å². The number of carbonyl (C=O) groups is 1. The van der Waals surface area contributed by atoms with Crippen LogP contribution in [0.2, 0.25) is 0 Å². The molecule has 0 aromatic heterocycles. The average molecular weight is 261 g/mol. The molecule has 0 bridgehead atoms. The molecule has 1 aliphatic rings. The van der Waals surface area contributed by atoms with E-state index in [0.29, 0.717) is 0 Å². The van der Waals surface area contributed by atoms with Crippen molar-refractivity contribution in [1.29, 1.82) is 0 Å². The van der Waals surface area contributed by atoms with Gasteiger partial charge in [-0.25, -0.2) is 4.79 Å². The molecular formula is C15H23N3O. The number of anilines is 1. The van der Waals surface area contributed by atoms with E-state index in [1.807, 2.05) is 11.0 Å². The Morgan fingerprint density at radius 3 is 2.68 bits per heavy atom. The van der Waals surface area contributed by atoms with Crippen molar-refractivity contribution < 1.29 is 4.79 Å². The van der Waals surface area contributed by atoms with E-state index in [9.17, 15) is 4.79 Å². The Morgan fingerprint density at radius 2 is 1.95 bits per heavy atom. The minimum Gasteiger partial charge on any atom is -0.370 e. The number of hydrogen-bond donors (Lipinski definition) is 1. The number of carbonyl (C=O) groups excluding carboxylic acids is 1. The van der Waals surface area contributed by atoms with Crippen LogP contribution in [0.3, 0.4) is 0 Å². The Balaban J connectivity index is 1.89. The second kappa shape index (κ2) is 7.02. The molecule has 2 amide bonds. The molecule has 1 saturated heterocycles. The summed E-state index contributed by atoms with van der Waals surface area (Å²) in [7, 11) is 0. The van der Waals surface area contributed by atoms with E-state index >= 15 is 0 Å². The van der Waals surface area contributed by atoms with E-state index in [2.05, 4.69) is 41.4 Å². The molecule has 0 atom stereocenters. The van der Waals surface area contributed by atoms with Gasteiger partial charge in [-0.1, -0.05) is 25.1 Å². The lowest BCUT2D eigenvalue weighted by Crippen LogP contribution is -2.42. The third kappa shape index (κ3) is 3.88. The second-order valence-corrected chi connectivity index (χ2v) is 4.90. The molecule has 1 aromatic rings. The van der Waals surface area contributed by atoms with Crippen LogP contribution in [-0.2, 0) is 0 Å². The van der Waals surface area contributed by atoms with Crippen LogP contribution in [0.15, 0.2) is 30.3 Å². The van der Waals surface area contributed by atoms with Crippen LogP contribution >= 0.6 is 0 Å². The molecule has 19 heavy (non-hydrogen) atoms. The summed E-state index contributed by atoms with van der Waals surface area (Å²) in [5.74, 6) is 0. The first-order valence-electron chi connectivity index (χ1n) is 7.14. The molecule has 0 aliphatic carbocycles. The molecule has 1 heterocycles. The maximum absolute atomic E-state index is 11.9. The molecule has 2 rings (SSSR count). The first-order valence-corrected chi connectivity index (χ1v) is 7.14. The third-order valence-corrected chi connectivity index (χ3v) is 3.43. The molecule has 0 spiro atoms. The Kier molecular flexibility index (Phi) is 5.07. The number of amides is 2. The number of hydrogen-bond acceptors (Lipinski definition) is 2. The molecule has 1 aliphatic heterocycles. The first kappa shape index (κ1) is 13.7. The zero-order chi connectivity index (χ0) is 13.5. The lowest BCUT2D eigenvalue weighted by molar-refractivity contribution is 0.201. The maximum atomic E-state index is 11.9. The van der Waals surface area contributed by atoms with Gasteiger partial charge in [-0.15, -0.1) is 0 Å². The van der Waals surface area contributed by atoms with Crippen LogP contribution in [-0.4, -0.2) is 43.7 Å². The summed E-state index contributed by atoms with van der Waals surface area (Å²) >= 11 is 0. The normalized spacial score (nSPS) is 16.1. The predicted molar refractivity (Wildman–Crippen MR) is 78.5 cm³/mol. The van der Waals surface area contributed by atoms with E-state index in [1.54, 1.807) is 0 Å². The largest absolute Gasteiger partial charge is 0.370 e. The number of benzene rings is 1. The van der Waals surface area contributed by atoms with Crippen molar-refractivity contribution in [2.45, 2.75) is 19.8 Å². The molecule has 4 nitrogen and oxygen atoms in total. The van der Waals surface area contributed by atoms with Gasteiger partial charge >= 0.3 is 6.03 Å². The summed E-state index contributed by atoms with van der Waals surface area (Å²) in [5, 5.41) is 2.95. The number of nitrogens with one attached hydrogen (secondary N) is 1. The van der Waals surface area contributed by atoms with E-state index < -0.39 is 0 Å². The quantitative estimate of drug-likeness (QED) is 0.906. The van der Waals surface area contributed by atoms with Gasteiger partial charge in [0.2, 0.25) is 0 Å². The minimum atomic E-state index is 0.0803. The molecule has 1 N–H and O–H groups in total. The van der Waals surface area contributed by atoms with Crippen molar-refractivity contribution in [1.82, 2.24) is 10.2 Å². The second-order valence-electron chi connectivity index (χ2n) is 4.90. The van der Waals surface area contributed by atoms with Gasteiger partial charge in [0.05, 0.1) is 0 Å².